The topological polar surface area (TPSA) is 49.4 Å². The van der Waals surface area contributed by atoms with Gasteiger partial charge >= 0.3 is 0 Å². The predicted octanol–water partition coefficient (Wildman–Crippen LogP) is 12.9. The Morgan fingerprint density at radius 2 is 0.803 bits per heavy atom. The smallest absolute Gasteiger partial charge is 0.225 e. The van der Waals surface area contributed by atoms with Crippen molar-refractivity contribution < 1.29 is 18.6 Å². The molecule has 71 heavy (non-hydrogen) atoms. The first-order valence-electron chi connectivity index (χ1n) is 26.6. The van der Waals surface area contributed by atoms with Gasteiger partial charge in [-0.1, -0.05) is 210 Å². The highest BCUT2D eigenvalue weighted by Gasteiger charge is 2.42. The lowest BCUT2D eigenvalue weighted by Gasteiger charge is -2.41. The minimum absolute atomic E-state index is 0.0838. The van der Waals surface area contributed by atoms with Crippen LogP contribution in [0.3, 0.4) is 0 Å². The van der Waals surface area contributed by atoms with Crippen LogP contribution in [0.15, 0.2) is 182 Å². The second kappa shape index (κ2) is 25.5. The van der Waals surface area contributed by atoms with Gasteiger partial charge in [-0.15, -0.1) is 0 Å². The van der Waals surface area contributed by atoms with Crippen molar-refractivity contribution in [1.82, 2.24) is 10.2 Å². The Labute approximate surface area is 429 Å². The summed E-state index contributed by atoms with van der Waals surface area (Å²) in [6.07, 6.45) is 5.21. The van der Waals surface area contributed by atoms with Gasteiger partial charge in [0.1, 0.15) is 0 Å². The molecule has 6 rings (SSSR count). The van der Waals surface area contributed by atoms with Gasteiger partial charge < -0.3 is 19.2 Å². The molecule has 0 aromatic heterocycles. The van der Waals surface area contributed by atoms with E-state index in [1.54, 1.807) is 0 Å². The standard InChI is InChI=1S/C65H85N4O2/c1-10-54(56-30-18-12-19-31-56)50-64(58-34-22-14-23-35-58,59-36-24-15-25-37-59)48-52(3)62(70)66-42-45-69(8,9)47-44-67(43-46-68(5,6)7)63(71)53(4)49-65(60-38-26-16-27-39-60,61-40-28-17-29-41-61)51-55(11-2)57-32-20-13-21-33-57/h12-41,52-55H,10-11,42-51H2,1-9H3/q+1/p+1. The van der Waals surface area contributed by atoms with Crippen molar-refractivity contribution in [1.29, 1.82) is 0 Å². The third kappa shape index (κ3) is 14.9. The molecule has 6 nitrogen and oxygen atoms in total. The average molecular weight is 955 g/mol. The molecule has 6 aromatic rings. The Hall–Kier alpha value is -5.82. The highest BCUT2D eigenvalue weighted by atomic mass is 16.2. The van der Waals surface area contributed by atoms with Crippen molar-refractivity contribution in [3.8, 4) is 0 Å². The summed E-state index contributed by atoms with van der Waals surface area (Å²) in [4.78, 5) is 31.6. The van der Waals surface area contributed by atoms with Crippen molar-refractivity contribution in [2.75, 3.05) is 74.5 Å². The minimum Gasteiger partial charge on any atom is -0.350 e. The third-order valence-electron chi connectivity index (χ3n) is 15.5. The molecule has 0 saturated heterocycles. The van der Waals surface area contributed by atoms with Gasteiger partial charge in [-0.2, -0.15) is 0 Å². The van der Waals surface area contributed by atoms with Crippen LogP contribution in [0.2, 0.25) is 0 Å². The molecule has 0 radical (unpaired) electrons. The molecule has 0 fully saturated rings. The van der Waals surface area contributed by atoms with Crippen molar-refractivity contribution in [2.45, 2.75) is 88.9 Å². The van der Waals surface area contributed by atoms with E-state index in [1.165, 1.54) is 33.4 Å². The summed E-state index contributed by atoms with van der Waals surface area (Å²) >= 11 is 0. The van der Waals surface area contributed by atoms with E-state index in [0.717, 1.165) is 49.8 Å². The fraction of sp³-hybridized carbons (Fsp3) is 0.415. The van der Waals surface area contributed by atoms with E-state index in [0.29, 0.717) is 48.8 Å². The molecule has 6 heteroatoms. The zero-order chi connectivity index (χ0) is 50.9. The van der Waals surface area contributed by atoms with Crippen LogP contribution in [0, 0.1) is 11.8 Å². The first-order chi connectivity index (χ1) is 34.1. The summed E-state index contributed by atoms with van der Waals surface area (Å²) in [5.74, 6) is 0.474. The normalized spacial score (nSPS) is 14.0. The fourth-order valence-electron chi connectivity index (χ4n) is 11.2. The molecule has 1 N–H and O–H groups in total. The molecule has 0 saturated carbocycles. The van der Waals surface area contributed by atoms with Crippen molar-refractivity contribution in [2.24, 2.45) is 11.8 Å². The molecule has 4 unspecified atom stereocenters. The van der Waals surface area contributed by atoms with Gasteiger partial charge in [-0.3, -0.25) is 9.59 Å². The number of rotatable bonds is 27. The number of quaternary nitrogens is 2. The largest absolute Gasteiger partial charge is 0.350 e. The first-order valence-corrected chi connectivity index (χ1v) is 26.6. The Bertz CT molecular complexity index is 2390. The lowest BCUT2D eigenvalue weighted by atomic mass is 9.63. The second-order valence-electron chi connectivity index (χ2n) is 22.3. The van der Waals surface area contributed by atoms with Gasteiger partial charge in [0.05, 0.1) is 74.5 Å². The third-order valence-corrected chi connectivity index (χ3v) is 15.5. The zero-order valence-corrected chi connectivity index (χ0v) is 44.8. The van der Waals surface area contributed by atoms with Gasteiger partial charge in [-0.25, -0.2) is 0 Å². The van der Waals surface area contributed by atoms with E-state index in [1.807, 2.05) is 0 Å². The summed E-state index contributed by atoms with van der Waals surface area (Å²) in [5.41, 5.74) is 6.95. The first kappa shape index (κ1) is 54.5. The average Bonchev–Trinajstić information content (AvgIpc) is 3.39. The van der Waals surface area contributed by atoms with Gasteiger partial charge in [0.25, 0.3) is 0 Å². The maximum Gasteiger partial charge on any atom is 0.225 e. The van der Waals surface area contributed by atoms with E-state index in [-0.39, 0.29) is 34.5 Å². The molecule has 376 valence electrons. The van der Waals surface area contributed by atoms with E-state index >= 15 is 4.79 Å². The van der Waals surface area contributed by atoms with Crippen molar-refractivity contribution in [3.63, 3.8) is 0 Å². The number of likely N-dealkylation sites (N-methyl/N-ethyl adjacent to an activating group) is 2. The monoisotopic (exact) mass is 955 g/mol. The molecule has 0 bridgehead atoms. The fourth-order valence-corrected chi connectivity index (χ4v) is 11.2. The SMILES string of the molecule is CCC(CC(CC(C)C(=O)NCC[N+](C)(C)CCN(CC[N+](C)(C)C)C(=O)C(C)CC(CC(CC)c1ccccc1)(c1ccccc1)c1ccccc1)(c1ccccc1)c1ccccc1)c1ccccc1. The summed E-state index contributed by atoms with van der Waals surface area (Å²) < 4.78 is 1.45. The Morgan fingerprint density at radius 1 is 0.465 bits per heavy atom. The number of hydrogen-bond acceptors (Lipinski definition) is 2. The highest BCUT2D eigenvalue weighted by Crippen LogP contribution is 2.48. The van der Waals surface area contributed by atoms with E-state index in [9.17, 15) is 4.79 Å². The van der Waals surface area contributed by atoms with Crippen LogP contribution in [-0.2, 0) is 20.4 Å². The van der Waals surface area contributed by atoms with E-state index in [4.69, 9.17) is 0 Å². The number of hydrogen-bond donors (Lipinski definition) is 1. The van der Waals surface area contributed by atoms with Gasteiger partial charge in [0, 0.05) is 22.7 Å². The quantitative estimate of drug-likeness (QED) is 0.0523. The second-order valence-corrected chi connectivity index (χ2v) is 22.3. The van der Waals surface area contributed by atoms with Gasteiger partial charge in [0.2, 0.25) is 11.8 Å². The predicted molar refractivity (Wildman–Crippen MR) is 297 cm³/mol. The minimum atomic E-state index is -0.383. The lowest BCUT2D eigenvalue weighted by Crippen LogP contribution is -2.52. The van der Waals surface area contributed by atoms with Crippen LogP contribution in [0.5, 0.6) is 0 Å². The van der Waals surface area contributed by atoms with Gasteiger partial charge in [-0.05, 0) is 83.7 Å². The van der Waals surface area contributed by atoms with Crippen LogP contribution < -0.4 is 5.32 Å². The molecular weight excluding hydrogens is 869 g/mol. The Morgan fingerprint density at radius 3 is 1.15 bits per heavy atom. The molecule has 0 spiro atoms. The summed E-state index contributed by atoms with van der Waals surface area (Å²) in [6.45, 7) is 13.1. The highest BCUT2D eigenvalue weighted by molar-refractivity contribution is 5.79. The maximum atomic E-state index is 15.2. The molecule has 2 amide bonds. The molecular formula is C65H86N4O2+2. The van der Waals surface area contributed by atoms with Gasteiger partial charge in [0.15, 0.2) is 0 Å². The van der Waals surface area contributed by atoms with Crippen LogP contribution >= 0.6 is 0 Å². The van der Waals surface area contributed by atoms with Crippen LogP contribution in [0.1, 0.15) is 111 Å². The summed E-state index contributed by atoms with van der Waals surface area (Å²) in [6, 6.07) is 65.4. The molecule has 0 heterocycles. The molecule has 0 aliphatic heterocycles. The summed E-state index contributed by atoms with van der Waals surface area (Å²) in [5, 5.41) is 3.39. The lowest BCUT2D eigenvalue weighted by molar-refractivity contribution is -0.888. The summed E-state index contributed by atoms with van der Waals surface area (Å²) in [7, 11) is 11.1. The Kier molecular flexibility index (Phi) is 19.6. The van der Waals surface area contributed by atoms with Crippen molar-refractivity contribution >= 4 is 11.8 Å². The van der Waals surface area contributed by atoms with Crippen LogP contribution in [0.4, 0.5) is 0 Å². The number of benzene rings is 6. The number of nitrogens with zero attached hydrogens (tertiary/aromatic N) is 3. The zero-order valence-electron chi connectivity index (χ0n) is 44.8. The van der Waals surface area contributed by atoms with Crippen LogP contribution in [0.25, 0.3) is 0 Å². The molecule has 0 aliphatic carbocycles. The van der Waals surface area contributed by atoms with E-state index < -0.39 is 0 Å². The molecule has 0 aliphatic rings. The van der Waals surface area contributed by atoms with Crippen LogP contribution in [-0.4, -0.2) is 100 Å². The number of nitrogens with one attached hydrogen (secondary N) is 1. The number of amides is 2. The molecule has 4 atom stereocenters. The maximum absolute atomic E-state index is 15.2. The van der Waals surface area contributed by atoms with E-state index in [2.05, 4.69) is 255 Å². The van der Waals surface area contributed by atoms with Crippen molar-refractivity contribution in [3.05, 3.63) is 215 Å². The molecule has 6 aromatic carbocycles. The Balaban J connectivity index is 1.18. The number of carbonyl (C=O) groups is 2. The number of carbonyl (C=O) groups excluding carboxylic acids is 2.